The van der Waals surface area contributed by atoms with Gasteiger partial charge in [-0.1, -0.05) is 97.1 Å². The molecule has 0 heterocycles. The van der Waals surface area contributed by atoms with Crippen LogP contribution in [-0.2, 0) is 20.3 Å². The molecule has 2 aliphatic rings. The summed E-state index contributed by atoms with van der Waals surface area (Å²) >= 11 is 0. The number of phosphoric acid groups is 1. The molecule has 4 aromatic carbocycles. The van der Waals surface area contributed by atoms with Crippen LogP contribution in [0.25, 0.3) is 0 Å². The van der Waals surface area contributed by atoms with E-state index in [4.69, 9.17) is 13.6 Å². The zero-order valence-corrected chi connectivity index (χ0v) is 25.7. The Morgan fingerprint density at radius 2 is 1.00 bits per heavy atom. The molecule has 4 unspecified atom stereocenters. The molecule has 6 rings (SSSR count). The number of para-hydroxylation sites is 2. The Kier molecular flexibility index (Phi) is 10.6. The lowest BCUT2D eigenvalue weighted by Crippen LogP contribution is -2.36. The average molecular weight is 617 g/mol. The predicted octanol–water partition coefficient (Wildman–Crippen LogP) is 7.91. The smallest absolute Gasteiger partial charge is 0.395 e. The van der Waals surface area contributed by atoms with Crippen LogP contribution in [-0.4, -0.2) is 27.5 Å². The molecular weight excluding hydrogens is 575 g/mol. The minimum atomic E-state index is -3.99. The first-order chi connectivity index (χ1) is 21.3. The summed E-state index contributed by atoms with van der Waals surface area (Å²) in [6, 6.07) is 36.8. The fourth-order valence-corrected chi connectivity index (χ4v) is 7.43. The Morgan fingerprint density at radius 1 is 0.591 bits per heavy atom. The molecule has 0 amide bonds. The summed E-state index contributed by atoms with van der Waals surface area (Å²) in [6.45, 7) is 0. The van der Waals surface area contributed by atoms with E-state index in [-0.39, 0.29) is 6.10 Å². The molecular formula is C36H41O7P. The van der Waals surface area contributed by atoms with Gasteiger partial charge in [0.25, 0.3) is 0 Å². The third-order valence-electron chi connectivity index (χ3n) is 8.20. The normalized spacial score (nSPS) is 25.2. The highest BCUT2D eigenvalue weighted by Gasteiger charge is 2.42. The molecule has 4 aromatic rings. The standard InChI is InChI=1S/C24H25O5P.C12H16O2/c25-24(20-11-4-1-5-12-20)18-10-17-23(19-24)29-30(26,27-21-13-6-2-7-14-21)28-22-15-8-3-9-16-22;13-11-7-4-8-12(14,9-11)10-5-2-1-3-6-10/h1-9,11-16,23,25H,10,17-19H2;1-3,5-6,11,13-14H,4,7-9H2. The first-order valence-electron chi connectivity index (χ1n) is 15.3. The summed E-state index contributed by atoms with van der Waals surface area (Å²) in [7, 11) is -3.99. The highest BCUT2D eigenvalue weighted by atomic mass is 31.2. The van der Waals surface area contributed by atoms with Gasteiger partial charge in [-0.05, 0) is 73.9 Å². The lowest BCUT2D eigenvalue weighted by molar-refractivity contribution is -0.0500. The van der Waals surface area contributed by atoms with Gasteiger partial charge in [0, 0.05) is 12.8 Å². The van der Waals surface area contributed by atoms with Crippen LogP contribution in [0.15, 0.2) is 121 Å². The number of hydrogen-bond acceptors (Lipinski definition) is 7. The largest absolute Gasteiger partial charge is 0.587 e. The molecule has 4 atom stereocenters. The first kappa shape index (κ1) is 32.0. The van der Waals surface area contributed by atoms with E-state index in [0.717, 1.165) is 36.8 Å². The molecule has 2 aliphatic carbocycles. The van der Waals surface area contributed by atoms with Crippen molar-refractivity contribution in [1.29, 1.82) is 0 Å². The summed E-state index contributed by atoms with van der Waals surface area (Å²) in [5.41, 5.74) is -0.0761. The first-order valence-corrected chi connectivity index (χ1v) is 16.7. The van der Waals surface area contributed by atoms with Gasteiger partial charge in [0.2, 0.25) is 0 Å². The number of aliphatic hydroxyl groups is 3. The van der Waals surface area contributed by atoms with Crippen molar-refractivity contribution in [1.82, 2.24) is 0 Å². The number of benzene rings is 4. The van der Waals surface area contributed by atoms with E-state index >= 15 is 0 Å². The topological polar surface area (TPSA) is 105 Å². The summed E-state index contributed by atoms with van der Waals surface area (Å²) in [5, 5.41) is 31.1. The number of aliphatic hydroxyl groups excluding tert-OH is 1. The van der Waals surface area contributed by atoms with Crippen LogP contribution in [0, 0.1) is 0 Å². The van der Waals surface area contributed by atoms with Crippen molar-refractivity contribution in [2.75, 3.05) is 0 Å². The van der Waals surface area contributed by atoms with Gasteiger partial charge in [0.15, 0.2) is 0 Å². The van der Waals surface area contributed by atoms with E-state index < -0.39 is 25.1 Å². The van der Waals surface area contributed by atoms with Crippen molar-refractivity contribution in [3.8, 4) is 11.5 Å². The second-order valence-electron chi connectivity index (χ2n) is 11.6. The zero-order valence-electron chi connectivity index (χ0n) is 24.8. The molecule has 44 heavy (non-hydrogen) atoms. The van der Waals surface area contributed by atoms with E-state index in [9.17, 15) is 19.9 Å². The maximum atomic E-state index is 13.6. The van der Waals surface area contributed by atoms with Crippen LogP contribution in [0.2, 0.25) is 0 Å². The number of phosphoric ester groups is 1. The molecule has 2 saturated carbocycles. The Labute approximate surface area is 259 Å². The van der Waals surface area contributed by atoms with Gasteiger partial charge in [0.1, 0.15) is 11.5 Å². The summed E-state index contributed by atoms with van der Waals surface area (Å²) < 4.78 is 31.0. The van der Waals surface area contributed by atoms with Crippen molar-refractivity contribution >= 4 is 7.82 Å². The van der Waals surface area contributed by atoms with E-state index in [1.165, 1.54) is 0 Å². The molecule has 0 saturated heterocycles. The number of hydrogen-bond donors (Lipinski definition) is 3. The van der Waals surface area contributed by atoms with Crippen molar-refractivity contribution in [2.24, 2.45) is 0 Å². The van der Waals surface area contributed by atoms with Crippen molar-refractivity contribution < 1.29 is 33.5 Å². The van der Waals surface area contributed by atoms with Gasteiger partial charge in [-0.3, -0.25) is 4.52 Å². The fourth-order valence-electron chi connectivity index (χ4n) is 6.00. The lowest BCUT2D eigenvalue weighted by Gasteiger charge is -2.37. The van der Waals surface area contributed by atoms with E-state index in [1.54, 1.807) is 48.5 Å². The molecule has 0 bridgehead atoms. The molecule has 0 radical (unpaired) electrons. The minimum absolute atomic E-state index is 0.317. The van der Waals surface area contributed by atoms with Gasteiger partial charge in [-0.25, -0.2) is 4.57 Å². The van der Waals surface area contributed by atoms with E-state index in [0.29, 0.717) is 37.2 Å². The van der Waals surface area contributed by atoms with E-state index in [2.05, 4.69) is 0 Å². The van der Waals surface area contributed by atoms with Gasteiger partial charge < -0.3 is 24.4 Å². The number of rotatable bonds is 8. The summed E-state index contributed by atoms with van der Waals surface area (Å²) in [5.74, 6) is 0.789. The highest BCUT2D eigenvalue weighted by molar-refractivity contribution is 7.49. The Balaban J connectivity index is 0.000000229. The summed E-state index contributed by atoms with van der Waals surface area (Å²) in [6.07, 6.45) is 4.46. The van der Waals surface area contributed by atoms with Crippen LogP contribution in [0.5, 0.6) is 11.5 Å². The van der Waals surface area contributed by atoms with Gasteiger partial charge in [0.05, 0.1) is 23.4 Å². The molecule has 7 nitrogen and oxygen atoms in total. The Bertz CT molecular complexity index is 1430. The molecule has 2 fully saturated rings. The second-order valence-corrected chi connectivity index (χ2v) is 13.1. The van der Waals surface area contributed by atoms with Crippen molar-refractivity contribution in [3.63, 3.8) is 0 Å². The zero-order chi connectivity index (χ0) is 30.9. The molecule has 0 spiro atoms. The minimum Gasteiger partial charge on any atom is -0.395 e. The average Bonchev–Trinajstić information content (AvgIpc) is 3.03. The Morgan fingerprint density at radius 3 is 1.45 bits per heavy atom. The monoisotopic (exact) mass is 616 g/mol. The van der Waals surface area contributed by atoms with Crippen molar-refractivity contribution in [2.45, 2.75) is 74.8 Å². The van der Waals surface area contributed by atoms with Gasteiger partial charge in [-0.2, -0.15) is 0 Å². The summed E-state index contributed by atoms with van der Waals surface area (Å²) in [4.78, 5) is 0. The van der Waals surface area contributed by atoms with Crippen LogP contribution in [0.1, 0.15) is 62.5 Å². The lowest BCUT2D eigenvalue weighted by atomic mass is 9.78. The SMILES string of the molecule is O=P(Oc1ccccc1)(Oc1ccccc1)OC1CCCC(O)(c2ccccc2)C1.OC1CCCC(O)(c2ccccc2)C1. The maximum Gasteiger partial charge on any atom is 0.587 e. The van der Waals surface area contributed by atoms with Crippen molar-refractivity contribution in [3.05, 3.63) is 132 Å². The molecule has 0 aromatic heterocycles. The Hall–Kier alpha value is -3.45. The molecule has 232 valence electrons. The van der Waals surface area contributed by atoms with Crippen LogP contribution in [0.4, 0.5) is 0 Å². The third kappa shape index (κ3) is 8.59. The second kappa shape index (κ2) is 14.6. The van der Waals surface area contributed by atoms with Crippen LogP contribution >= 0.6 is 7.82 Å². The predicted molar refractivity (Wildman–Crippen MR) is 170 cm³/mol. The highest BCUT2D eigenvalue weighted by Crippen LogP contribution is 2.53. The van der Waals surface area contributed by atoms with Crippen LogP contribution < -0.4 is 9.05 Å². The van der Waals surface area contributed by atoms with E-state index in [1.807, 2.05) is 72.8 Å². The quantitative estimate of drug-likeness (QED) is 0.173. The van der Waals surface area contributed by atoms with Gasteiger partial charge in [-0.15, -0.1) is 0 Å². The molecule has 3 N–H and O–H groups in total. The fraction of sp³-hybridized carbons (Fsp3) is 0.333. The van der Waals surface area contributed by atoms with Crippen LogP contribution in [0.3, 0.4) is 0 Å². The molecule has 8 heteroatoms. The van der Waals surface area contributed by atoms with Gasteiger partial charge >= 0.3 is 7.82 Å². The third-order valence-corrected chi connectivity index (χ3v) is 9.63. The molecule has 0 aliphatic heterocycles. The maximum absolute atomic E-state index is 13.6.